The molecule has 3 rings (SSSR count). The molecule has 102 valence electrons. The van der Waals surface area contributed by atoms with Crippen molar-refractivity contribution in [2.45, 2.75) is 24.5 Å². The smallest absolute Gasteiger partial charge is 0.223 e. The summed E-state index contributed by atoms with van der Waals surface area (Å²) in [5.41, 5.74) is 2.50. The van der Waals surface area contributed by atoms with E-state index in [4.69, 9.17) is 0 Å². The third-order valence-electron chi connectivity index (χ3n) is 3.95. The lowest BCUT2D eigenvalue weighted by molar-refractivity contribution is -0.131. The number of amides is 1. The van der Waals surface area contributed by atoms with E-state index in [1.807, 2.05) is 22.7 Å². The third-order valence-corrected chi connectivity index (χ3v) is 5.09. The van der Waals surface area contributed by atoms with Gasteiger partial charge in [-0.05, 0) is 11.6 Å². The first kappa shape index (κ1) is 12.9. The number of carbonyl (C=O) groups excluding carboxylic acids is 1. The number of anilines is 1. The molecule has 1 aromatic rings. The third kappa shape index (κ3) is 2.73. The Hall–Kier alpha value is -1.16. The Kier molecular flexibility index (Phi) is 3.69. The Balaban J connectivity index is 1.64. The van der Waals surface area contributed by atoms with Crippen molar-refractivity contribution < 1.29 is 4.79 Å². The Labute approximate surface area is 118 Å². The number of nitrogens with one attached hydrogen (secondary N) is 1. The van der Waals surface area contributed by atoms with Gasteiger partial charge in [0, 0.05) is 48.7 Å². The van der Waals surface area contributed by atoms with Crippen LogP contribution < -0.4 is 5.32 Å². The van der Waals surface area contributed by atoms with Crippen LogP contribution in [0.15, 0.2) is 24.3 Å². The first-order chi connectivity index (χ1) is 9.24. The molecule has 1 fully saturated rings. The minimum absolute atomic E-state index is 0.315. The van der Waals surface area contributed by atoms with Crippen molar-refractivity contribution in [1.82, 2.24) is 4.90 Å². The predicted molar refractivity (Wildman–Crippen MR) is 80.8 cm³/mol. The van der Waals surface area contributed by atoms with Crippen molar-refractivity contribution in [2.75, 3.05) is 30.7 Å². The van der Waals surface area contributed by atoms with Crippen molar-refractivity contribution in [3.05, 3.63) is 29.8 Å². The summed E-state index contributed by atoms with van der Waals surface area (Å²) in [5, 5.41) is 3.97. The fourth-order valence-electron chi connectivity index (χ4n) is 2.92. The Morgan fingerprint density at radius 3 is 3.16 bits per heavy atom. The predicted octanol–water partition coefficient (Wildman–Crippen LogP) is 2.55. The molecule has 19 heavy (non-hydrogen) atoms. The number of fused-ring (bicyclic) bond motifs is 1. The van der Waals surface area contributed by atoms with Crippen molar-refractivity contribution in [3.8, 4) is 0 Å². The second-order valence-electron chi connectivity index (χ2n) is 5.39. The summed E-state index contributed by atoms with van der Waals surface area (Å²) in [4.78, 5) is 14.4. The summed E-state index contributed by atoms with van der Waals surface area (Å²) in [5.74, 6) is 1.73. The zero-order valence-electron chi connectivity index (χ0n) is 11.3. The Morgan fingerprint density at radius 2 is 2.32 bits per heavy atom. The lowest BCUT2D eigenvalue weighted by atomic mass is 9.97. The van der Waals surface area contributed by atoms with Crippen molar-refractivity contribution >= 4 is 23.4 Å². The second-order valence-corrected chi connectivity index (χ2v) is 6.94. The molecular formula is C15H20N2OS. The van der Waals surface area contributed by atoms with E-state index in [2.05, 4.69) is 30.4 Å². The van der Waals surface area contributed by atoms with Crippen LogP contribution in [0.25, 0.3) is 0 Å². The van der Waals surface area contributed by atoms with Gasteiger partial charge in [-0.2, -0.15) is 11.8 Å². The fourth-order valence-corrected chi connectivity index (χ4v) is 3.94. The zero-order valence-corrected chi connectivity index (χ0v) is 12.1. The van der Waals surface area contributed by atoms with Gasteiger partial charge in [-0.1, -0.05) is 25.1 Å². The lowest BCUT2D eigenvalue weighted by Crippen LogP contribution is -2.41. The van der Waals surface area contributed by atoms with Crippen LogP contribution >= 0.6 is 11.8 Å². The van der Waals surface area contributed by atoms with Gasteiger partial charge in [0.2, 0.25) is 5.91 Å². The quantitative estimate of drug-likeness (QED) is 0.901. The van der Waals surface area contributed by atoms with E-state index < -0.39 is 0 Å². The maximum atomic E-state index is 12.4. The molecule has 0 saturated carbocycles. The van der Waals surface area contributed by atoms with Crippen LogP contribution in [0.1, 0.15) is 24.8 Å². The van der Waals surface area contributed by atoms with Crippen LogP contribution in [0.4, 0.5) is 5.69 Å². The minimum Gasteiger partial charge on any atom is -0.384 e. The number of hydrogen-bond acceptors (Lipinski definition) is 3. The minimum atomic E-state index is 0.315. The molecule has 3 nitrogen and oxygen atoms in total. The van der Waals surface area contributed by atoms with Crippen molar-refractivity contribution in [2.24, 2.45) is 0 Å². The van der Waals surface area contributed by atoms with E-state index in [1.165, 1.54) is 11.3 Å². The SMILES string of the molecule is CC1CN(C(=O)CC2CNc3ccccc32)CCS1. The molecule has 2 aliphatic heterocycles. The van der Waals surface area contributed by atoms with E-state index in [-0.39, 0.29) is 0 Å². The number of nitrogens with zero attached hydrogens (tertiary/aromatic N) is 1. The molecule has 0 spiro atoms. The summed E-state index contributed by atoms with van der Waals surface area (Å²) >= 11 is 1.96. The molecule has 1 saturated heterocycles. The summed E-state index contributed by atoms with van der Waals surface area (Å²) < 4.78 is 0. The van der Waals surface area contributed by atoms with Gasteiger partial charge in [-0.15, -0.1) is 0 Å². The van der Waals surface area contributed by atoms with Gasteiger partial charge in [0.25, 0.3) is 0 Å². The molecule has 0 aromatic heterocycles. The highest BCUT2D eigenvalue weighted by Crippen LogP contribution is 2.33. The summed E-state index contributed by atoms with van der Waals surface area (Å²) in [7, 11) is 0. The molecule has 1 N–H and O–H groups in total. The molecule has 2 unspecified atom stereocenters. The van der Waals surface area contributed by atoms with Crippen LogP contribution in [0.3, 0.4) is 0 Å². The maximum Gasteiger partial charge on any atom is 0.223 e. The molecule has 0 radical (unpaired) electrons. The first-order valence-electron chi connectivity index (χ1n) is 6.96. The van der Waals surface area contributed by atoms with E-state index in [9.17, 15) is 4.79 Å². The number of benzene rings is 1. The van der Waals surface area contributed by atoms with Crippen molar-refractivity contribution in [3.63, 3.8) is 0 Å². The number of para-hydroxylation sites is 1. The largest absolute Gasteiger partial charge is 0.384 e. The normalized spacial score (nSPS) is 25.8. The average Bonchev–Trinajstić information content (AvgIpc) is 2.82. The molecule has 2 aliphatic rings. The van der Waals surface area contributed by atoms with Crippen LogP contribution in [-0.4, -0.2) is 41.4 Å². The van der Waals surface area contributed by atoms with E-state index in [1.54, 1.807) is 0 Å². The molecular weight excluding hydrogens is 256 g/mol. The molecule has 1 aromatic carbocycles. The average molecular weight is 276 g/mol. The molecule has 1 amide bonds. The topological polar surface area (TPSA) is 32.3 Å². The number of hydrogen-bond donors (Lipinski definition) is 1. The Morgan fingerprint density at radius 1 is 1.47 bits per heavy atom. The van der Waals surface area contributed by atoms with E-state index >= 15 is 0 Å². The van der Waals surface area contributed by atoms with Gasteiger partial charge in [0.15, 0.2) is 0 Å². The summed E-state index contributed by atoms with van der Waals surface area (Å²) in [6, 6.07) is 8.34. The highest BCUT2D eigenvalue weighted by Gasteiger charge is 2.28. The molecule has 4 heteroatoms. The standard InChI is InChI=1S/C15H20N2OS/c1-11-10-17(6-7-19-11)15(18)8-12-9-16-14-5-3-2-4-13(12)14/h2-5,11-12,16H,6-10H2,1H3. The van der Waals surface area contributed by atoms with Crippen LogP contribution in [0.2, 0.25) is 0 Å². The fraction of sp³-hybridized carbons (Fsp3) is 0.533. The van der Waals surface area contributed by atoms with Gasteiger partial charge in [0.05, 0.1) is 0 Å². The maximum absolute atomic E-state index is 12.4. The highest BCUT2D eigenvalue weighted by molar-refractivity contribution is 7.99. The summed E-state index contributed by atoms with van der Waals surface area (Å²) in [6.07, 6.45) is 0.640. The molecule has 2 atom stereocenters. The van der Waals surface area contributed by atoms with Crippen LogP contribution in [0.5, 0.6) is 0 Å². The van der Waals surface area contributed by atoms with Gasteiger partial charge in [-0.25, -0.2) is 0 Å². The lowest BCUT2D eigenvalue weighted by Gasteiger charge is -2.31. The highest BCUT2D eigenvalue weighted by atomic mass is 32.2. The monoisotopic (exact) mass is 276 g/mol. The number of carbonyl (C=O) groups is 1. The van der Waals surface area contributed by atoms with E-state index in [0.717, 1.165) is 25.4 Å². The van der Waals surface area contributed by atoms with Gasteiger partial charge in [-0.3, -0.25) is 4.79 Å². The van der Waals surface area contributed by atoms with Gasteiger partial charge < -0.3 is 10.2 Å². The molecule has 2 heterocycles. The van der Waals surface area contributed by atoms with Gasteiger partial charge in [0.1, 0.15) is 0 Å². The van der Waals surface area contributed by atoms with Crippen molar-refractivity contribution in [1.29, 1.82) is 0 Å². The van der Waals surface area contributed by atoms with Crippen LogP contribution in [0, 0.1) is 0 Å². The van der Waals surface area contributed by atoms with Gasteiger partial charge >= 0.3 is 0 Å². The molecule has 0 aliphatic carbocycles. The van der Waals surface area contributed by atoms with E-state index in [0.29, 0.717) is 23.5 Å². The van der Waals surface area contributed by atoms with Crippen LogP contribution in [-0.2, 0) is 4.79 Å². The summed E-state index contributed by atoms with van der Waals surface area (Å²) in [6.45, 7) is 4.92. The zero-order chi connectivity index (χ0) is 13.2. The molecule has 0 bridgehead atoms. The number of thioether (sulfide) groups is 1. The first-order valence-corrected chi connectivity index (χ1v) is 8.01. The second kappa shape index (κ2) is 5.45. The number of rotatable bonds is 2. The Bertz CT molecular complexity index is 477.